The maximum absolute atomic E-state index is 14.2. The molecular formula is C14H16FN5O. The molecule has 1 N–H and O–H groups in total. The molecule has 1 fully saturated rings. The van der Waals surface area contributed by atoms with Crippen molar-refractivity contribution in [2.24, 2.45) is 5.92 Å². The van der Waals surface area contributed by atoms with Crippen molar-refractivity contribution in [1.82, 2.24) is 25.5 Å². The van der Waals surface area contributed by atoms with Gasteiger partial charge in [0.2, 0.25) is 5.82 Å². The number of benzene rings is 1. The van der Waals surface area contributed by atoms with Crippen LogP contribution < -0.4 is 0 Å². The molecule has 1 aliphatic rings. The van der Waals surface area contributed by atoms with E-state index in [1.54, 1.807) is 11.0 Å². The van der Waals surface area contributed by atoms with E-state index in [4.69, 9.17) is 0 Å². The monoisotopic (exact) mass is 289 g/mol. The minimum atomic E-state index is -0.555. The van der Waals surface area contributed by atoms with Crippen LogP contribution in [0.4, 0.5) is 4.39 Å². The Kier molecular flexibility index (Phi) is 3.64. The van der Waals surface area contributed by atoms with Crippen LogP contribution in [-0.4, -0.2) is 44.5 Å². The third-order valence-corrected chi connectivity index (χ3v) is 3.75. The van der Waals surface area contributed by atoms with Gasteiger partial charge in [0.05, 0.1) is 5.56 Å². The van der Waals surface area contributed by atoms with Gasteiger partial charge in [0.15, 0.2) is 0 Å². The van der Waals surface area contributed by atoms with Gasteiger partial charge in [-0.3, -0.25) is 4.79 Å². The van der Waals surface area contributed by atoms with Crippen LogP contribution in [0, 0.1) is 11.7 Å². The minimum absolute atomic E-state index is 0.0938. The molecule has 0 spiro atoms. The van der Waals surface area contributed by atoms with Crippen LogP contribution in [0.5, 0.6) is 0 Å². The van der Waals surface area contributed by atoms with Crippen LogP contribution >= 0.6 is 0 Å². The second-order valence-electron chi connectivity index (χ2n) is 5.43. The number of hydrogen-bond donors (Lipinski definition) is 1. The average Bonchev–Trinajstić information content (AvgIpc) is 3.00. The number of tetrazole rings is 1. The summed E-state index contributed by atoms with van der Waals surface area (Å²) in [6.07, 6.45) is 2.08. The second kappa shape index (κ2) is 5.59. The molecule has 1 aromatic carbocycles. The fourth-order valence-electron chi connectivity index (χ4n) is 2.66. The van der Waals surface area contributed by atoms with Gasteiger partial charge in [-0.1, -0.05) is 13.0 Å². The largest absolute Gasteiger partial charge is 0.338 e. The summed E-state index contributed by atoms with van der Waals surface area (Å²) in [5.74, 6) is -0.0388. The first kappa shape index (κ1) is 13.7. The van der Waals surface area contributed by atoms with Crippen molar-refractivity contribution in [3.8, 4) is 11.4 Å². The van der Waals surface area contributed by atoms with E-state index in [9.17, 15) is 9.18 Å². The highest BCUT2D eigenvalue weighted by Gasteiger charge is 2.24. The summed E-state index contributed by atoms with van der Waals surface area (Å²) in [5, 5.41) is 13.3. The highest BCUT2D eigenvalue weighted by molar-refractivity contribution is 5.95. The van der Waals surface area contributed by atoms with Crippen LogP contribution in [0.25, 0.3) is 11.4 Å². The predicted octanol–water partition coefficient (Wildman–Crippen LogP) is 1.88. The van der Waals surface area contributed by atoms with Crippen molar-refractivity contribution in [2.45, 2.75) is 19.8 Å². The van der Waals surface area contributed by atoms with E-state index in [-0.39, 0.29) is 11.5 Å². The van der Waals surface area contributed by atoms with E-state index in [0.717, 1.165) is 12.8 Å². The number of nitrogens with one attached hydrogen (secondary N) is 1. The molecular weight excluding hydrogens is 273 g/mol. The molecule has 0 bridgehead atoms. The summed E-state index contributed by atoms with van der Waals surface area (Å²) in [6.45, 7) is 3.48. The first-order chi connectivity index (χ1) is 10.1. The van der Waals surface area contributed by atoms with E-state index in [1.165, 1.54) is 12.1 Å². The molecule has 1 aromatic heterocycles. The molecule has 1 saturated heterocycles. The molecule has 1 amide bonds. The topological polar surface area (TPSA) is 74.8 Å². The summed E-state index contributed by atoms with van der Waals surface area (Å²) in [5.41, 5.74) is 0.584. The minimum Gasteiger partial charge on any atom is -0.338 e. The zero-order valence-corrected chi connectivity index (χ0v) is 11.7. The van der Waals surface area contributed by atoms with Gasteiger partial charge >= 0.3 is 0 Å². The van der Waals surface area contributed by atoms with Crippen LogP contribution in [0.1, 0.15) is 30.1 Å². The molecule has 6 nitrogen and oxygen atoms in total. The zero-order valence-electron chi connectivity index (χ0n) is 11.7. The Bertz CT molecular complexity index is 643. The Morgan fingerprint density at radius 2 is 2.33 bits per heavy atom. The fraction of sp³-hybridized carbons (Fsp3) is 0.429. The molecule has 1 unspecified atom stereocenters. The SMILES string of the molecule is CC1CCCN(C(=O)c2ccc(-c3nn[nH]n3)cc2F)C1. The number of hydrogen-bond acceptors (Lipinski definition) is 4. The third-order valence-electron chi connectivity index (χ3n) is 3.75. The van der Waals surface area contributed by atoms with Gasteiger partial charge in [-0.05, 0) is 36.1 Å². The Morgan fingerprint density at radius 3 is 3.00 bits per heavy atom. The van der Waals surface area contributed by atoms with E-state index in [0.29, 0.717) is 30.4 Å². The number of aromatic nitrogens is 4. The van der Waals surface area contributed by atoms with Gasteiger partial charge in [-0.2, -0.15) is 5.21 Å². The van der Waals surface area contributed by atoms with Crippen molar-refractivity contribution in [1.29, 1.82) is 0 Å². The van der Waals surface area contributed by atoms with Crippen molar-refractivity contribution >= 4 is 5.91 Å². The smallest absolute Gasteiger partial charge is 0.256 e. The number of rotatable bonds is 2. The summed E-state index contributed by atoms with van der Waals surface area (Å²) in [7, 11) is 0. The quantitative estimate of drug-likeness (QED) is 0.916. The average molecular weight is 289 g/mol. The molecule has 3 rings (SSSR count). The Labute approximate surface area is 121 Å². The molecule has 2 aromatic rings. The molecule has 0 radical (unpaired) electrons. The first-order valence-electron chi connectivity index (χ1n) is 6.98. The standard InChI is InChI=1S/C14H16FN5O/c1-9-3-2-6-20(8-9)14(21)11-5-4-10(7-12(11)15)13-16-18-19-17-13/h4-5,7,9H,2-3,6,8H2,1H3,(H,16,17,18,19). The number of amides is 1. The van der Waals surface area contributed by atoms with Gasteiger partial charge in [0, 0.05) is 18.7 Å². The lowest BCUT2D eigenvalue weighted by molar-refractivity contribution is 0.0678. The second-order valence-corrected chi connectivity index (χ2v) is 5.43. The van der Waals surface area contributed by atoms with E-state index < -0.39 is 5.82 Å². The highest BCUT2D eigenvalue weighted by atomic mass is 19.1. The molecule has 2 heterocycles. The summed E-state index contributed by atoms with van der Waals surface area (Å²) >= 11 is 0. The molecule has 0 saturated carbocycles. The number of likely N-dealkylation sites (tertiary alicyclic amines) is 1. The highest BCUT2D eigenvalue weighted by Crippen LogP contribution is 2.22. The Hall–Kier alpha value is -2.31. The number of H-pyrrole nitrogens is 1. The van der Waals surface area contributed by atoms with Gasteiger partial charge in [0.1, 0.15) is 5.82 Å². The lowest BCUT2D eigenvalue weighted by atomic mass is 9.99. The molecule has 7 heteroatoms. The third kappa shape index (κ3) is 2.76. The molecule has 1 atom stereocenters. The zero-order chi connectivity index (χ0) is 14.8. The van der Waals surface area contributed by atoms with E-state index in [1.807, 2.05) is 0 Å². The maximum atomic E-state index is 14.2. The maximum Gasteiger partial charge on any atom is 0.256 e. The Morgan fingerprint density at radius 1 is 1.48 bits per heavy atom. The lowest BCUT2D eigenvalue weighted by Gasteiger charge is -2.31. The number of nitrogens with zero attached hydrogens (tertiary/aromatic N) is 4. The first-order valence-corrected chi connectivity index (χ1v) is 6.98. The van der Waals surface area contributed by atoms with Gasteiger partial charge in [0.25, 0.3) is 5.91 Å². The van der Waals surface area contributed by atoms with E-state index >= 15 is 0 Å². The number of halogens is 1. The van der Waals surface area contributed by atoms with Crippen LogP contribution in [0.2, 0.25) is 0 Å². The summed E-state index contributed by atoms with van der Waals surface area (Å²) in [6, 6.07) is 4.39. The normalized spacial score (nSPS) is 18.8. The molecule has 0 aliphatic carbocycles. The molecule has 1 aliphatic heterocycles. The summed E-state index contributed by atoms with van der Waals surface area (Å²) < 4.78 is 14.2. The summed E-state index contributed by atoms with van der Waals surface area (Å²) in [4.78, 5) is 14.1. The lowest BCUT2D eigenvalue weighted by Crippen LogP contribution is -2.39. The number of piperidine rings is 1. The van der Waals surface area contributed by atoms with Gasteiger partial charge in [-0.25, -0.2) is 4.39 Å². The van der Waals surface area contributed by atoms with Crippen molar-refractivity contribution in [2.75, 3.05) is 13.1 Å². The Balaban J connectivity index is 1.84. The number of carbonyl (C=O) groups is 1. The number of carbonyl (C=O) groups excluding carboxylic acids is 1. The van der Waals surface area contributed by atoms with Crippen molar-refractivity contribution in [3.63, 3.8) is 0 Å². The van der Waals surface area contributed by atoms with Crippen molar-refractivity contribution < 1.29 is 9.18 Å². The van der Waals surface area contributed by atoms with Crippen LogP contribution in [-0.2, 0) is 0 Å². The van der Waals surface area contributed by atoms with Crippen molar-refractivity contribution in [3.05, 3.63) is 29.6 Å². The molecule has 21 heavy (non-hydrogen) atoms. The molecule has 110 valence electrons. The van der Waals surface area contributed by atoms with Crippen LogP contribution in [0.15, 0.2) is 18.2 Å². The fourth-order valence-corrected chi connectivity index (χ4v) is 2.66. The van der Waals surface area contributed by atoms with Crippen LogP contribution in [0.3, 0.4) is 0 Å². The van der Waals surface area contributed by atoms with Gasteiger partial charge in [-0.15, -0.1) is 10.2 Å². The van der Waals surface area contributed by atoms with E-state index in [2.05, 4.69) is 27.5 Å². The predicted molar refractivity (Wildman–Crippen MR) is 73.9 cm³/mol. The number of aromatic amines is 1. The van der Waals surface area contributed by atoms with Gasteiger partial charge < -0.3 is 4.90 Å².